The fraction of sp³-hybridized carbons (Fsp3) is 0.481. The second kappa shape index (κ2) is 13.7. The zero-order valence-corrected chi connectivity index (χ0v) is 24.1. The number of likely N-dealkylation sites (N-methyl/N-ethyl adjacent to an activating group) is 2. The summed E-state index contributed by atoms with van der Waals surface area (Å²) in [5, 5.41) is 3.04. The zero-order valence-electron chi connectivity index (χ0n) is 23.3. The number of ketones is 1. The number of hydrogen-bond acceptors (Lipinski definition) is 7. The molecule has 1 amide bonds. The van der Waals surface area contributed by atoms with Crippen LogP contribution >= 0.6 is 0 Å². The molecule has 0 unspecified atom stereocenters. The molecule has 0 aliphatic carbocycles. The number of rotatable bonds is 14. The molecule has 38 heavy (non-hydrogen) atoms. The fourth-order valence-electron chi connectivity index (χ4n) is 4.02. The van der Waals surface area contributed by atoms with E-state index in [1.54, 1.807) is 45.2 Å². The van der Waals surface area contributed by atoms with Crippen LogP contribution in [0.3, 0.4) is 0 Å². The first-order valence-electron chi connectivity index (χ1n) is 12.3. The van der Waals surface area contributed by atoms with Crippen LogP contribution in [0.15, 0.2) is 35.2 Å². The molecule has 0 spiro atoms. The fourth-order valence-corrected chi connectivity index (χ4v) is 5.57. The molecule has 0 bridgehead atoms. The van der Waals surface area contributed by atoms with Gasteiger partial charge in [-0.25, -0.2) is 12.8 Å². The zero-order chi connectivity index (χ0) is 28.6. The minimum Gasteiger partial charge on any atom is -0.497 e. The molecule has 210 valence electrons. The second-order valence-corrected chi connectivity index (χ2v) is 11.7. The Labute approximate surface area is 225 Å². The Bertz CT molecular complexity index is 1230. The van der Waals surface area contributed by atoms with E-state index in [1.807, 2.05) is 19.0 Å². The van der Waals surface area contributed by atoms with Crippen molar-refractivity contribution in [1.82, 2.24) is 14.1 Å². The Morgan fingerprint density at radius 1 is 1.00 bits per heavy atom. The number of amides is 1. The summed E-state index contributed by atoms with van der Waals surface area (Å²) in [7, 11) is 4.39. The SMILES string of the molecule is COc1cc(C)c(S(=O)(=O)N(C)CC(=O)CCC(=O)N(C)Cc2ccc(NCCN(C)C)c(F)c2)c(C)c1. The van der Waals surface area contributed by atoms with Gasteiger partial charge in [0.25, 0.3) is 0 Å². The van der Waals surface area contributed by atoms with Gasteiger partial charge < -0.3 is 19.9 Å². The first-order chi connectivity index (χ1) is 17.8. The van der Waals surface area contributed by atoms with Gasteiger partial charge in [0.2, 0.25) is 15.9 Å². The molecule has 0 saturated carbocycles. The molecule has 0 aromatic heterocycles. The third-order valence-electron chi connectivity index (χ3n) is 6.11. The monoisotopic (exact) mass is 550 g/mol. The average Bonchev–Trinajstić information content (AvgIpc) is 2.82. The lowest BCUT2D eigenvalue weighted by Crippen LogP contribution is -2.34. The van der Waals surface area contributed by atoms with Gasteiger partial charge >= 0.3 is 0 Å². The maximum Gasteiger partial charge on any atom is 0.243 e. The molecule has 0 aliphatic heterocycles. The third kappa shape index (κ3) is 8.50. The number of benzene rings is 2. The topological polar surface area (TPSA) is 99.3 Å². The molecule has 2 rings (SSSR count). The maximum absolute atomic E-state index is 14.4. The summed E-state index contributed by atoms with van der Waals surface area (Å²) < 4.78 is 46.9. The lowest BCUT2D eigenvalue weighted by Gasteiger charge is -2.21. The summed E-state index contributed by atoms with van der Waals surface area (Å²) >= 11 is 0. The largest absolute Gasteiger partial charge is 0.497 e. The number of nitrogens with zero attached hydrogens (tertiary/aromatic N) is 3. The molecule has 2 aromatic carbocycles. The molecular weight excluding hydrogens is 511 g/mol. The number of sulfonamides is 1. The summed E-state index contributed by atoms with van der Waals surface area (Å²) in [5.41, 5.74) is 2.06. The van der Waals surface area contributed by atoms with Crippen LogP contribution in [0.1, 0.15) is 29.5 Å². The van der Waals surface area contributed by atoms with Gasteiger partial charge in [-0.2, -0.15) is 4.31 Å². The lowest BCUT2D eigenvalue weighted by atomic mass is 10.1. The number of anilines is 1. The predicted molar refractivity (Wildman–Crippen MR) is 146 cm³/mol. The van der Waals surface area contributed by atoms with E-state index in [0.717, 1.165) is 10.8 Å². The highest BCUT2D eigenvalue weighted by Gasteiger charge is 2.27. The van der Waals surface area contributed by atoms with Crippen LogP contribution < -0.4 is 10.1 Å². The number of hydrogen-bond donors (Lipinski definition) is 1. The van der Waals surface area contributed by atoms with Crippen LogP contribution in [-0.2, 0) is 26.2 Å². The smallest absolute Gasteiger partial charge is 0.243 e. The molecule has 0 atom stereocenters. The number of nitrogens with one attached hydrogen (secondary N) is 1. The third-order valence-corrected chi connectivity index (χ3v) is 8.22. The Morgan fingerprint density at radius 2 is 1.63 bits per heavy atom. The molecule has 0 fully saturated rings. The number of ether oxygens (including phenoxy) is 1. The highest BCUT2D eigenvalue weighted by atomic mass is 32.2. The van der Waals surface area contributed by atoms with Crippen molar-refractivity contribution in [3.8, 4) is 5.75 Å². The van der Waals surface area contributed by atoms with Crippen molar-refractivity contribution in [3.63, 3.8) is 0 Å². The van der Waals surface area contributed by atoms with Gasteiger partial charge in [0.05, 0.1) is 24.2 Å². The molecule has 9 nitrogen and oxygen atoms in total. The minimum atomic E-state index is -3.92. The minimum absolute atomic E-state index is 0.0729. The van der Waals surface area contributed by atoms with Crippen molar-refractivity contribution < 1.29 is 27.1 Å². The number of methoxy groups -OCH3 is 1. The van der Waals surface area contributed by atoms with Crippen LogP contribution in [0.2, 0.25) is 0 Å². The molecule has 0 heterocycles. The molecule has 0 saturated heterocycles. The molecular formula is C27H39FN4O5S. The van der Waals surface area contributed by atoms with E-state index in [4.69, 9.17) is 4.74 Å². The van der Waals surface area contributed by atoms with E-state index in [2.05, 4.69) is 5.32 Å². The average molecular weight is 551 g/mol. The Balaban J connectivity index is 1.91. The Hall–Kier alpha value is -3.02. The summed E-state index contributed by atoms with van der Waals surface area (Å²) in [6, 6.07) is 8.04. The molecule has 0 aliphatic rings. The van der Waals surface area contributed by atoms with E-state index in [0.29, 0.717) is 34.7 Å². The van der Waals surface area contributed by atoms with Gasteiger partial charge in [0.15, 0.2) is 0 Å². The standard InChI is InChI=1S/C27H39FN4O5S/c1-19-14-23(37-7)15-20(2)27(19)38(35,36)32(6)18-22(33)9-11-26(34)31(5)17-21-8-10-25(24(28)16-21)29-12-13-30(3)4/h8,10,14-16,29H,9,11-13,17-18H2,1-7H3. The van der Waals surface area contributed by atoms with Gasteiger partial charge in [0.1, 0.15) is 17.3 Å². The van der Waals surface area contributed by atoms with E-state index in [1.165, 1.54) is 25.1 Å². The summed E-state index contributed by atoms with van der Waals surface area (Å²) in [4.78, 5) is 28.7. The predicted octanol–water partition coefficient (Wildman–Crippen LogP) is 3.05. The van der Waals surface area contributed by atoms with Gasteiger partial charge in [0, 0.05) is 46.6 Å². The quantitative estimate of drug-likeness (QED) is 0.386. The highest BCUT2D eigenvalue weighted by Crippen LogP contribution is 2.27. The first-order valence-corrected chi connectivity index (χ1v) is 13.7. The van der Waals surface area contributed by atoms with Crippen LogP contribution in [0.5, 0.6) is 5.75 Å². The molecule has 11 heteroatoms. The summed E-state index contributed by atoms with van der Waals surface area (Å²) in [6.45, 7) is 4.55. The summed E-state index contributed by atoms with van der Waals surface area (Å²) in [5.74, 6) is -0.514. The Kier molecular flexibility index (Phi) is 11.2. The number of Topliss-reactive ketones (excluding diaryl/α,β-unsaturated/α-hetero) is 1. The number of carbonyl (C=O) groups is 2. The number of halogens is 1. The van der Waals surface area contributed by atoms with E-state index >= 15 is 0 Å². The maximum atomic E-state index is 14.4. The van der Waals surface area contributed by atoms with Gasteiger partial charge in [-0.05, 0) is 68.9 Å². The van der Waals surface area contributed by atoms with E-state index < -0.39 is 15.8 Å². The number of carbonyl (C=O) groups excluding carboxylic acids is 2. The second-order valence-electron chi connectivity index (χ2n) is 9.68. The number of aryl methyl sites for hydroxylation is 2. The summed E-state index contributed by atoms with van der Waals surface area (Å²) in [6.07, 6.45) is -0.177. The van der Waals surface area contributed by atoms with Crippen molar-refractivity contribution in [2.75, 3.05) is 60.3 Å². The Morgan fingerprint density at radius 3 is 2.18 bits per heavy atom. The van der Waals surface area contributed by atoms with Gasteiger partial charge in [-0.3, -0.25) is 9.59 Å². The van der Waals surface area contributed by atoms with Crippen molar-refractivity contribution in [1.29, 1.82) is 0 Å². The van der Waals surface area contributed by atoms with Crippen molar-refractivity contribution in [3.05, 3.63) is 52.8 Å². The van der Waals surface area contributed by atoms with E-state index in [-0.39, 0.29) is 42.5 Å². The molecule has 1 N–H and O–H groups in total. The van der Waals surface area contributed by atoms with Crippen LogP contribution in [0, 0.1) is 19.7 Å². The first kappa shape index (κ1) is 31.2. The van der Waals surface area contributed by atoms with Gasteiger partial charge in [-0.15, -0.1) is 0 Å². The van der Waals surface area contributed by atoms with Crippen LogP contribution in [0.4, 0.5) is 10.1 Å². The lowest BCUT2D eigenvalue weighted by molar-refractivity contribution is -0.132. The molecule has 2 aromatic rings. The van der Waals surface area contributed by atoms with E-state index in [9.17, 15) is 22.4 Å². The van der Waals surface area contributed by atoms with Crippen molar-refractivity contribution >= 4 is 27.4 Å². The normalized spacial score (nSPS) is 11.6. The highest BCUT2D eigenvalue weighted by molar-refractivity contribution is 7.89. The van der Waals surface area contributed by atoms with Crippen LogP contribution in [0.25, 0.3) is 0 Å². The van der Waals surface area contributed by atoms with Crippen molar-refractivity contribution in [2.45, 2.75) is 38.1 Å². The molecule has 0 radical (unpaired) electrons. The van der Waals surface area contributed by atoms with Crippen LogP contribution in [-0.4, -0.2) is 89.1 Å². The van der Waals surface area contributed by atoms with Crippen molar-refractivity contribution in [2.24, 2.45) is 0 Å². The van der Waals surface area contributed by atoms with Gasteiger partial charge in [-0.1, -0.05) is 6.07 Å².